The predicted molar refractivity (Wildman–Crippen MR) is 107 cm³/mol. The standard InChI is InChI=1S/C22H28F3N3O2/c1-14-8-9-15(22(23,24)25)11-17(14)20(29)26-19-12-18(21(2,3)4)27(5)28(19)13-16-7-6-10-30-16/h8-9,11-12,16H,6-7,10,13H2,1-5H3/b26-19+/t16-/m1/s1. The molecule has 1 fully saturated rings. The normalized spacial score (nSPS) is 18.3. The summed E-state index contributed by atoms with van der Waals surface area (Å²) in [6.45, 7) is 9.01. The minimum atomic E-state index is -4.52. The molecule has 0 saturated carbocycles. The average Bonchev–Trinajstić information content (AvgIpc) is 3.24. The topological polar surface area (TPSA) is 48.5 Å². The molecule has 3 rings (SSSR count). The van der Waals surface area contributed by atoms with Gasteiger partial charge in [0.1, 0.15) is 0 Å². The molecule has 0 unspecified atom stereocenters. The molecule has 164 valence electrons. The quantitative estimate of drug-likeness (QED) is 0.736. The molecule has 0 aliphatic carbocycles. The zero-order chi connectivity index (χ0) is 22.3. The summed E-state index contributed by atoms with van der Waals surface area (Å²) < 4.78 is 48.9. The van der Waals surface area contributed by atoms with Crippen LogP contribution in [0.5, 0.6) is 0 Å². The lowest BCUT2D eigenvalue weighted by molar-refractivity contribution is -0.137. The Balaban J connectivity index is 2.08. The van der Waals surface area contributed by atoms with E-state index in [9.17, 15) is 18.0 Å². The number of aryl methyl sites for hydroxylation is 1. The second-order valence-corrected chi connectivity index (χ2v) is 8.82. The van der Waals surface area contributed by atoms with Gasteiger partial charge >= 0.3 is 6.18 Å². The number of nitrogens with zero attached hydrogens (tertiary/aromatic N) is 3. The molecule has 0 spiro atoms. The van der Waals surface area contributed by atoms with E-state index < -0.39 is 17.6 Å². The fourth-order valence-corrected chi connectivity index (χ4v) is 3.76. The molecule has 1 saturated heterocycles. The molecule has 1 aromatic carbocycles. The highest BCUT2D eigenvalue weighted by molar-refractivity contribution is 5.96. The third-order valence-corrected chi connectivity index (χ3v) is 5.42. The van der Waals surface area contributed by atoms with Gasteiger partial charge in [0.25, 0.3) is 5.91 Å². The molecule has 0 N–H and O–H groups in total. The lowest BCUT2D eigenvalue weighted by Gasteiger charge is -2.21. The molecule has 8 heteroatoms. The van der Waals surface area contributed by atoms with E-state index in [-0.39, 0.29) is 17.1 Å². The van der Waals surface area contributed by atoms with Crippen molar-refractivity contribution in [3.63, 3.8) is 0 Å². The fraction of sp³-hybridized carbons (Fsp3) is 0.545. The molecule has 0 radical (unpaired) electrons. The molecule has 2 aromatic rings. The second kappa shape index (κ2) is 8.06. The Morgan fingerprint density at radius 2 is 1.93 bits per heavy atom. The first-order valence-corrected chi connectivity index (χ1v) is 10.0. The van der Waals surface area contributed by atoms with Crippen LogP contribution in [0.25, 0.3) is 0 Å². The Bertz CT molecular complexity index is 1000. The van der Waals surface area contributed by atoms with Crippen LogP contribution in [0, 0.1) is 6.92 Å². The number of carbonyl (C=O) groups is 1. The zero-order valence-corrected chi connectivity index (χ0v) is 18.0. The smallest absolute Gasteiger partial charge is 0.376 e. The van der Waals surface area contributed by atoms with Gasteiger partial charge in [-0.25, -0.2) is 0 Å². The van der Waals surface area contributed by atoms with Crippen molar-refractivity contribution in [3.05, 3.63) is 52.1 Å². The highest BCUT2D eigenvalue weighted by Crippen LogP contribution is 2.30. The van der Waals surface area contributed by atoms with Crippen molar-refractivity contribution < 1.29 is 22.7 Å². The Morgan fingerprint density at radius 1 is 1.23 bits per heavy atom. The van der Waals surface area contributed by atoms with Crippen LogP contribution in [0.15, 0.2) is 29.3 Å². The Hall–Kier alpha value is -2.35. The van der Waals surface area contributed by atoms with Gasteiger partial charge in [0, 0.05) is 36.4 Å². The Kier molecular flexibility index (Phi) is 6.00. The van der Waals surface area contributed by atoms with Crippen LogP contribution in [0.4, 0.5) is 13.2 Å². The highest BCUT2D eigenvalue weighted by atomic mass is 19.4. The summed E-state index contributed by atoms with van der Waals surface area (Å²) in [7, 11) is 1.90. The number of benzene rings is 1. The van der Waals surface area contributed by atoms with Crippen molar-refractivity contribution in [1.29, 1.82) is 0 Å². The Labute approximate surface area is 174 Å². The van der Waals surface area contributed by atoms with Crippen LogP contribution in [-0.4, -0.2) is 28.0 Å². The number of rotatable bonds is 3. The minimum absolute atomic E-state index is 0.0239. The molecular weight excluding hydrogens is 395 g/mol. The maximum atomic E-state index is 13.1. The summed E-state index contributed by atoms with van der Waals surface area (Å²) >= 11 is 0. The Morgan fingerprint density at radius 3 is 2.50 bits per heavy atom. The predicted octanol–water partition coefficient (Wildman–Crippen LogP) is 4.37. The van der Waals surface area contributed by atoms with Gasteiger partial charge in [-0.1, -0.05) is 26.8 Å². The molecular formula is C22H28F3N3O2. The van der Waals surface area contributed by atoms with Crippen molar-refractivity contribution in [2.45, 2.75) is 64.8 Å². The van der Waals surface area contributed by atoms with Crippen LogP contribution in [0.2, 0.25) is 0 Å². The SMILES string of the molecule is Cc1ccc(C(F)(F)F)cc1C(=O)/N=c1\cc(C(C)(C)C)n(C)n1C[C@H]1CCCO1. The minimum Gasteiger partial charge on any atom is -0.376 e. The highest BCUT2D eigenvalue weighted by Gasteiger charge is 2.31. The van der Waals surface area contributed by atoms with Crippen molar-refractivity contribution in [3.8, 4) is 0 Å². The van der Waals surface area contributed by atoms with Gasteiger partial charge in [0.05, 0.1) is 18.2 Å². The van der Waals surface area contributed by atoms with E-state index in [1.165, 1.54) is 6.07 Å². The number of halogens is 3. The van der Waals surface area contributed by atoms with Crippen molar-refractivity contribution in [2.75, 3.05) is 6.61 Å². The lowest BCUT2D eigenvalue weighted by atomic mass is 9.92. The maximum absolute atomic E-state index is 13.1. The number of carbonyl (C=O) groups excluding carboxylic acids is 1. The van der Waals surface area contributed by atoms with Crippen LogP contribution < -0.4 is 5.49 Å². The molecule has 2 heterocycles. The summed E-state index contributed by atoms with van der Waals surface area (Å²) in [5.41, 5.74) is 0.731. The molecule has 30 heavy (non-hydrogen) atoms. The molecule has 0 bridgehead atoms. The van der Waals surface area contributed by atoms with E-state index >= 15 is 0 Å². The molecule has 1 aliphatic heterocycles. The first kappa shape index (κ1) is 22.3. The molecule has 1 aliphatic rings. The summed E-state index contributed by atoms with van der Waals surface area (Å²) in [5, 5.41) is 0. The molecule has 1 aromatic heterocycles. The van der Waals surface area contributed by atoms with Crippen molar-refractivity contribution in [1.82, 2.24) is 9.36 Å². The van der Waals surface area contributed by atoms with Crippen LogP contribution in [0.1, 0.15) is 60.8 Å². The second-order valence-electron chi connectivity index (χ2n) is 8.82. The van der Waals surface area contributed by atoms with Gasteiger partial charge in [0.2, 0.25) is 0 Å². The number of hydrogen-bond donors (Lipinski definition) is 0. The summed E-state index contributed by atoms with van der Waals surface area (Å²) in [4.78, 5) is 17.1. The first-order chi connectivity index (χ1) is 13.9. The zero-order valence-electron chi connectivity index (χ0n) is 18.0. The number of amides is 1. The molecule has 1 amide bonds. The van der Waals surface area contributed by atoms with Gasteiger partial charge in [-0.15, -0.1) is 0 Å². The van der Waals surface area contributed by atoms with E-state index in [4.69, 9.17) is 4.74 Å². The van der Waals surface area contributed by atoms with Gasteiger partial charge in [-0.3, -0.25) is 14.2 Å². The van der Waals surface area contributed by atoms with Crippen molar-refractivity contribution >= 4 is 5.91 Å². The summed E-state index contributed by atoms with van der Waals surface area (Å²) in [6, 6.07) is 4.98. The summed E-state index contributed by atoms with van der Waals surface area (Å²) in [6.07, 6.45) is -2.59. The average molecular weight is 423 g/mol. The summed E-state index contributed by atoms with van der Waals surface area (Å²) in [5.74, 6) is -0.689. The van der Waals surface area contributed by atoms with Crippen LogP contribution in [-0.2, 0) is 29.9 Å². The molecule has 5 nitrogen and oxygen atoms in total. The van der Waals surface area contributed by atoms with Crippen LogP contribution >= 0.6 is 0 Å². The van der Waals surface area contributed by atoms with Gasteiger partial charge in [-0.05, 0) is 37.5 Å². The maximum Gasteiger partial charge on any atom is 0.416 e. The van der Waals surface area contributed by atoms with Gasteiger partial charge in [-0.2, -0.15) is 18.2 Å². The van der Waals surface area contributed by atoms with E-state index in [0.717, 1.165) is 30.7 Å². The number of alkyl halides is 3. The van der Waals surface area contributed by atoms with Gasteiger partial charge < -0.3 is 4.74 Å². The monoisotopic (exact) mass is 423 g/mol. The third kappa shape index (κ3) is 4.69. The number of aromatic nitrogens is 2. The van der Waals surface area contributed by atoms with Gasteiger partial charge in [0.15, 0.2) is 5.49 Å². The third-order valence-electron chi connectivity index (χ3n) is 5.42. The van der Waals surface area contributed by atoms with E-state index in [2.05, 4.69) is 25.8 Å². The first-order valence-electron chi connectivity index (χ1n) is 10.0. The van der Waals surface area contributed by atoms with E-state index in [1.54, 1.807) is 6.92 Å². The molecule has 1 atom stereocenters. The van der Waals surface area contributed by atoms with Crippen molar-refractivity contribution in [2.24, 2.45) is 12.0 Å². The van der Waals surface area contributed by atoms with E-state index in [1.807, 2.05) is 22.5 Å². The number of hydrogen-bond acceptors (Lipinski definition) is 2. The lowest BCUT2D eigenvalue weighted by Crippen LogP contribution is -2.30. The largest absolute Gasteiger partial charge is 0.416 e. The van der Waals surface area contributed by atoms with E-state index in [0.29, 0.717) is 24.2 Å². The van der Waals surface area contributed by atoms with Crippen LogP contribution in [0.3, 0.4) is 0 Å². The fourth-order valence-electron chi connectivity index (χ4n) is 3.76. The number of ether oxygens (including phenoxy) is 1.